The van der Waals surface area contributed by atoms with Gasteiger partial charge in [-0.15, -0.1) is 0 Å². The molecule has 4 rings (SSSR count). The molecule has 0 fully saturated rings. The van der Waals surface area contributed by atoms with Gasteiger partial charge >= 0.3 is 0 Å². The number of aryl methyl sites for hydroxylation is 1. The van der Waals surface area contributed by atoms with Crippen molar-refractivity contribution in [3.05, 3.63) is 130 Å². The average molecular weight is 653 g/mol. The van der Waals surface area contributed by atoms with E-state index in [0.29, 0.717) is 39.8 Å². The highest BCUT2D eigenvalue weighted by Gasteiger charge is 2.35. The molecule has 1 N–H and O–H groups in total. The molecule has 0 aliphatic heterocycles. The van der Waals surface area contributed by atoms with Crippen LogP contribution in [-0.4, -0.2) is 44.3 Å². The van der Waals surface area contributed by atoms with E-state index in [1.807, 2.05) is 37.3 Å². The summed E-state index contributed by atoms with van der Waals surface area (Å²) in [5, 5.41) is 3.58. The highest BCUT2D eigenvalue weighted by molar-refractivity contribution is 7.92. The number of hydrogen-bond acceptors (Lipinski definition) is 4. The fourth-order valence-corrected chi connectivity index (χ4v) is 6.87. The first kappa shape index (κ1) is 33.1. The molecule has 0 aliphatic carbocycles. The van der Waals surface area contributed by atoms with Gasteiger partial charge in [0.1, 0.15) is 12.6 Å². The SMILES string of the molecule is CCCNC(=O)[C@H](Cc1ccccc1)N(Cc1c(Cl)cccc1Cl)C(=O)CN(c1ccccc1C)S(=O)(=O)c1ccccc1. The van der Waals surface area contributed by atoms with Crippen molar-refractivity contribution in [3.63, 3.8) is 0 Å². The number of carbonyl (C=O) groups excluding carboxylic acids is 2. The predicted molar refractivity (Wildman–Crippen MR) is 176 cm³/mol. The van der Waals surface area contributed by atoms with Gasteiger partial charge in [0.05, 0.1) is 10.6 Å². The molecule has 230 valence electrons. The fourth-order valence-electron chi connectivity index (χ4n) is 4.85. The number of benzene rings is 4. The summed E-state index contributed by atoms with van der Waals surface area (Å²) < 4.78 is 29.3. The third-order valence-electron chi connectivity index (χ3n) is 7.20. The average Bonchev–Trinajstić information content (AvgIpc) is 3.02. The molecule has 7 nitrogen and oxygen atoms in total. The van der Waals surface area contributed by atoms with Gasteiger partial charge in [0.25, 0.3) is 10.0 Å². The quantitative estimate of drug-likeness (QED) is 0.175. The zero-order valence-electron chi connectivity index (χ0n) is 24.6. The smallest absolute Gasteiger partial charge is 0.264 e. The molecule has 10 heteroatoms. The molecule has 0 saturated heterocycles. The van der Waals surface area contributed by atoms with Crippen LogP contribution in [0.5, 0.6) is 0 Å². The molecule has 4 aromatic rings. The third-order valence-corrected chi connectivity index (χ3v) is 9.69. The summed E-state index contributed by atoms with van der Waals surface area (Å²) in [7, 11) is -4.18. The number of nitrogens with one attached hydrogen (secondary N) is 1. The Bertz CT molecular complexity index is 1670. The maximum absolute atomic E-state index is 14.5. The number of anilines is 1. The van der Waals surface area contributed by atoms with E-state index in [-0.39, 0.29) is 23.8 Å². The van der Waals surface area contributed by atoms with Crippen molar-refractivity contribution in [1.29, 1.82) is 0 Å². The minimum Gasteiger partial charge on any atom is -0.354 e. The van der Waals surface area contributed by atoms with E-state index < -0.39 is 28.5 Å². The number of rotatable bonds is 13. The van der Waals surface area contributed by atoms with E-state index in [0.717, 1.165) is 9.87 Å². The van der Waals surface area contributed by atoms with Crippen molar-refractivity contribution in [2.45, 2.75) is 44.2 Å². The van der Waals surface area contributed by atoms with Crippen LogP contribution in [0, 0.1) is 6.92 Å². The molecule has 1 atom stereocenters. The molecule has 0 saturated carbocycles. The first-order valence-corrected chi connectivity index (χ1v) is 16.5. The Kier molecular flexibility index (Phi) is 11.4. The second-order valence-electron chi connectivity index (χ2n) is 10.3. The fraction of sp³-hybridized carbons (Fsp3) is 0.235. The Hall–Kier alpha value is -3.85. The second-order valence-corrected chi connectivity index (χ2v) is 13.0. The lowest BCUT2D eigenvalue weighted by Crippen LogP contribution is -2.53. The zero-order chi connectivity index (χ0) is 31.7. The Balaban J connectivity index is 1.83. The van der Waals surface area contributed by atoms with Crippen LogP contribution < -0.4 is 9.62 Å². The summed E-state index contributed by atoms with van der Waals surface area (Å²) in [6.45, 7) is 3.47. The third kappa shape index (κ3) is 8.00. The summed E-state index contributed by atoms with van der Waals surface area (Å²) in [6, 6.07) is 28.3. The van der Waals surface area contributed by atoms with Gasteiger partial charge in [0, 0.05) is 35.1 Å². The molecule has 0 unspecified atom stereocenters. The van der Waals surface area contributed by atoms with Crippen LogP contribution in [-0.2, 0) is 32.6 Å². The summed E-state index contributed by atoms with van der Waals surface area (Å²) in [6.07, 6.45) is 0.893. The predicted octanol–water partition coefficient (Wildman–Crippen LogP) is 6.66. The lowest BCUT2D eigenvalue weighted by Gasteiger charge is -2.34. The molecular formula is C34H35Cl2N3O4S. The summed E-state index contributed by atoms with van der Waals surface area (Å²) in [5.41, 5.74) is 2.32. The Morgan fingerprint density at radius 1 is 0.818 bits per heavy atom. The summed E-state index contributed by atoms with van der Waals surface area (Å²) >= 11 is 13.1. The van der Waals surface area contributed by atoms with E-state index in [4.69, 9.17) is 23.2 Å². The van der Waals surface area contributed by atoms with Gasteiger partial charge in [0.2, 0.25) is 11.8 Å². The molecule has 0 aliphatic rings. The first-order chi connectivity index (χ1) is 21.1. The van der Waals surface area contributed by atoms with E-state index in [1.165, 1.54) is 17.0 Å². The van der Waals surface area contributed by atoms with Crippen molar-refractivity contribution < 1.29 is 18.0 Å². The Labute approximate surface area is 269 Å². The second kappa shape index (κ2) is 15.2. The van der Waals surface area contributed by atoms with Crippen molar-refractivity contribution in [2.75, 3.05) is 17.4 Å². The topological polar surface area (TPSA) is 86.8 Å². The minimum atomic E-state index is -4.18. The molecule has 44 heavy (non-hydrogen) atoms. The molecule has 0 spiro atoms. The molecular weight excluding hydrogens is 617 g/mol. The first-order valence-electron chi connectivity index (χ1n) is 14.3. The standard InChI is InChI=1S/C34H35Cl2N3O4S/c1-3-21-37-34(41)32(22-26-14-6-4-7-15-26)38(23-28-29(35)18-12-19-30(28)36)33(40)24-39(31-20-11-10-13-25(31)2)44(42,43)27-16-8-5-9-17-27/h4-20,32H,3,21-24H2,1-2H3,(H,37,41)/t32-/m0/s1. The van der Waals surface area contributed by atoms with Gasteiger partial charge < -0.3 is 10.2 Å². The summed E-state index contributed by atoms with van der Waals surface area (Å²) in [5.74, 6) is -0.947. The highest BCUT2D eigenvalue weighted by atomic mass is 35.5. The zero-order valence-corrected chi connectivity index (χ0v) is 26.9. The number of sulfonamides is 1. The van der Waals surface area contributed by atoms with Gasteiger partial charge in [0.15, 0.2) is 0 Å². The van der Waals surface area contributed by atoms with Gasteiger partial charge in [-0.2, -0.15) is 0 Å². The minimum absolute atomic E-state index is 0.0401. The molecule has 4 aromatic carbocycles. The number of hydrogen-bond donors (Lipinski definition) is 1. The van der Waals surface area contributed by atoms with Gasteiger partial charge in [-0.25, -0.2) is 8.42 Å². The van der Waals surface area contributed by atoms with Crippen molar-refractivity contribution in [3.8, 4) is 0 Å². The van der Waals surface area contributed by atoms with Crippen LogP contribution >= 0.6 is 23.2 Å². The maximum Gasteiger partial charge on any atom is 0.264 e. The molecule has 0 bridgehead atoms. The molecule has 2 amide bonds. The number of amides is 2. The Morgan fingerprint density at radius 3 is 2.02 bits per heavy atom. The molecule has 0 heterocycles. The maximum atomic E-state index is 14.5. The highest BCUT2D eigenvalue weighted by Crippen LogP contribution is 2.30. The lowest BCUT2D eigenvalue weighted by molar-refractivity contribution is -0.140. The number of carbonyl (C=O) groups is 2. The van der Waals surface area contributed by atoms with Gasteiger partial charge in [-0.1, -0.05) is 103 Å². The van der Waals surface area contributed by atoms with Crippen LogP contribution in [0.15, 0.2) is 108 Å². The van der Waals surface area contributed by atoms with Gasteiger partial charge in [-0.3, -0.25) is 13.9 Å². The Morgan fingerprint density at radius 2 is 1.41 bits per heavy atom. The van der Waals surface area contributed by atoms with E-state index in [9.17, 15) is 18.0 Å². The largest absolute Gasteiger partial charge is 0.354 e. The van der Waals surface area contributed by atoms with Crippen LogP contribution in [0.4, 0.5) is 5.69 Å². The monoisotopic (exact) mass is 651 g/mol. The van der Waals surface area contributed by atoms with Crippen molar-refractivity contribution >= 4 is 50.7 Å². The van der Waals surface area contributed by atoms with E-state index in [2.05, 4.69) is 5.32 Å². The van der Waals surface area contributed by atoms with E-state index in [1.54, 1.807) is 67.6 Å². The summed E-state index contributed by atoms with van der Waals surface area (Å²) in [4.78, 5) is 29.7. The number of nitrogens with zero attached hydrogens (tertiary/aromatic N) is 2. The lowest BCUT2D eigenvalue weighted by atomic mass is 10.0. The van der Waals surface area contributed by atoms with Crippen molar-refractivity contribution in [1.82, 2.24) is 10.2 Å². The van der Waals surface area contributed by atoms with Crippen LogP contribution in [0.2, 0.25) is 10.0 Å². The molecule has 0 radical (unpaired) electrons. The van der Waals surface area contributed by atoms with Crippen molar-refractivity contribution in [2.24, 2.45) is 0 Å². The number of para-hydroxylation sites is 1. The normalized spacial score (nSPS) is 11.9. The van der Waals surface area contributed by atoms with Crippen LogP contribution in [0.3, 0.4) is 0 Å². The van der Waals surface area contributed by atoms with Gasteiger partial charge in [-0.05, 0) is 54.8 Å². The number of halogens is 2. The van der Waals surface area contributed by atoms with E-state index >= 15 is 0 Å². The molecule has 0 aromatic heterocycles. The van der Waals surface area contributed by atoms with Crippen LogP contribution in [0.25, 0.3) is 0 Å². The van der Waals surface area contributed by atoms with Crippen LogP contribution in [0.1, 0.15) is 30.0 Å².